The van der Waals surface area contributed by atoms with Gasteiger partial charge in [0.05, 0.1) is 0 Å². The molecule has 2 rings (SSSR count). The van der Waals surface area contributed by atoms with Crippen LogP contribution in [0.3, 0.4) is 0 Å². The first-order valence-electron chi connectivity index (χ1n) is 7.56. The summed E-state index contributed by atoms with van der Waals surface area (Å²) < 4.78 is 1.93. The maximum absolute atomic E-state index is 12.2. The lowest BCUT2D eigenvalue weighted by Crippen LogP contribution is -2.36. The molecule has 0 aromatic carbocycles. The predicted molar refractivity (Wildman–Crippen MR) is 85.0 cm³/mol. The van der Waals surface area contributed by atoms with Crippen molar-refractivity contribution in [2.24, 2.45) is 0 Å². The molecule has 0 aliphatic heterocycles. The molecule has 0 aliphatic rings. The molecular weight excluding hydrogens is 264 g/mol. The van der Waals surface area contributed by atoms with Gasteiger partial charge >= 0.3 is 0 Å². The van der Waals surface area contributed by atoms with E-state index in [1.54, 1.807) is 6.20 Å². The number of rotatable bonds is 7. The molecule has 2 heterocycles. The normalized spacial score (nSPS) is 11.2. The second kappa shape index (κ2) is 7.22. The van der Waals surface area contributed by atoms with Crippen LogP contribution < -0.4 is 10.6 Å². The zero-order valence-corrected chi connectivity index (χ0v) is 13.0. The molecule has 2 aromatic rings. The Labute approximate surface area is 125 Å². The van der Waals surface area contributed by atoms with Crippen molar-refractivity contribution in [2.45, 2.75) is 45.8 Å². The van der Waals surface area contributed by atoms with Crippen LogP contribution in [0.1, 0.15) is 32.3 Å². The van der Waals surface area contributed by atoms with Crippen molar-refractivity contribution in [1.82, 2.24) is 20.2 Å². The van der Waals surface area contributed by atoms with Gasteiger partial charge in [0.15, 0.2) is 0 Å². The third-order valence-electron chi connectivity index (χ3n) is 3.75. The number of carbonyl (C=O) groups is 1. The molecule has 114 valence electrons. The highest BCUT2D eigenvalue weighted by atomic mass is 16.2. The van der Waals surface area contributed by atoms with Crippen molar-refractivity contribution in [3.05, 3.63) is 30.1 Å². The fourth-order valence-corrected chi connectivity index (χ4v) is 2.57. The zero-order chi connectivity index (χ0) is 15.2. The minimum atomic E-state index is 0.0438. The van der Waals surface area contributed by atoms with Gasteiger partial charge in [-0.1, -0.05) is 13.8 Å². The van der Waals surface area contributed by atoms with E-state index in [4.69, 9.17) is 0 Å². The van der Waals surface area contributed by atoms with Crippen molar-refractivity contribution in [3.63, 3.8) is 0 Å². The molecule has 5 heteroatoms. The summed E-state index contributed by atoms with van der Waals surface area (Å²) >= 11 is 0. The van der Waals surface area contributed by atoms with Crippen molar-refractivity contribution < 1.29 is 4.79 Å². The average Bonchev–Trinajstić information content (AvgIpc) is 2.83. The molecule has 0 saturated carbocycles. The highest BCUT2D eigenvalue weighted by Crippen LogP contribution is 2.19. The average molecular weight is 288 g/mol. The van der Waals surface area contributed by atoms with Crippen LogP contribution in [0.4, 0.5) is 0 Å². The van der Waals surface area contributed by atoms with Crippen LogP contribution >= 0.6 is 0 Å². The molecule has 2 N–H and O–H groups in total. The lowest BCUT2D eigenvalue weighted by molar-refractivity contribution is -0.122. The number of fused-ring (bicyclic) bond motifs is 1. The number of amides is 1. The van der Waals surface area contributed by atoms with Crippen LogP contribution in [-0.2, 0) is 17.9 Å². The van der Waals surface area contributed by atoms with E-state index in [0.29, 0.717) is 6.54 Å². The standard InChI is InChI=1S/C16H24N4O/c1-4-13(5-2)19-15(21)11-20-10-12(9-17-3)14-7-6-8-18-16(14)20/h6-8,10,13,17H,4-5,9,11H2,1-3H3,(H,19,21). The van der Waals surface area contributed by atoms with Crippen LogP contribution in [0.5, 0.6) is 0 Å². The molecule has 0 spiro atoms. The molecular formula is C16H24N4O. The first-order valence-corrected chi connectivity index (χ1v) is 7.56. The number of hydrogen-bond acceptors (Lipinski definition) is 3. The molecule has 0 atom stereocenters. The minimum Gasteiger partial charge on any atom is -0.352 e. The molecule has 0 fully saturated rings. The van der Waals surface area contributed by atoms with Gasteiger partial charge in [-0.25, -0.2) is 4.98 Å². The van der Waals surface area contributed by atoms with Crippen molar-refractivity contribution in [1.29, 1.82) is 0 Å². The monoisotopic (exact) mass is 288 g/mol. The van der Waals surface area contributed by atoms with Crippen LogP contribution in [-0.4, -0.2) is 28.5 Å². The van der Waals surface area contributed by atoms with Crippen molar-refractivity contribution in [2.75, 3.05) is 7.05 Å². The number of pyridine rings is 1. The topological polar surface area (TPSA) is 59.0 Å². The summed E-state index contributed by atoms with van der Waals surface area (Å²) in [6.07, 6.45) is 5.69. The van der Waals surface area contributed by atoms with Crippen molar-refractivity contribution in [3.8, 4) is 0 Å². The van der Waals surface area contributed by atoms with E-state index in [9.17, 15) is 4.79 Å². The molecule has 1 amide bonds. The minimum absolute atomic E-state index is 0.0438. The second-order valence-electron chi connectivity index (χ2n) is 5.27. The molecule has 2 aromatic heterocycles. The summed E-state index contributed by atoms with van der Waals surface area (Å²) in [6, 6.07) is 4.23. The van der Waals surface area contributed by atoms with E-state index >= 15 is 0 Å². The van der Waals surface area contributed by atoms with Gasteiger partial charge in [0, 0.05) is 30.4 Å². The van der Waals surface area contributed by atoms with E-state index in [1.165, 1.54) is 0 Å². The van der Waals surface area contributed by atoms with Gasteiger partial charge in [-0.3, -0.25) is 4.79 Å². The summed E-state index contributed by atoms with van der Waals surface area (Å²) in [5, 5.41) is 7.32. The number of aromatic nitrogens is 2. The molecule has 0 bridgehead atoms. The number of hydrogen-bond donors (Lipinski definition) is 2. The molecule has 5 nitrogen and oxygen atoms in total. The summed E-state index contributed by atoms with van der Waals surface area (Å²) in [7, 11) is 1.92. The van der Waals surface area contributed by atoms with E-state index in [-0.39, 0.29) is 11.9 Å². The number of nitrogens with one attached hydrogen (secondary N) is 2. The molecule has 0 saturated heterocycles. The maximum atomic E-state index is 12.2. The van der Waals surface area contributed by atoms with Gasteiger partial charge in [-0.2, -0.15) is 0 Å². The fourth-order valence-electron chi connectivity index (χ4n) is 2.57. The van der Waals surface area contributed by atoms with Gasteiger partial charge in [-0.05, 0) is 37.6 Å². The number of carbonyl (C=O) groups excluding carboxylic acids is 1. The molecule has 21 heavy (non-hydrogen) atoms. The molecule has 0 aliphatic carbocycles. The van der Waals surface area contributed by atoms with Crippen LogP contribution in [0.15, 0.2) is 24.5 Å². The van der Waals surface area contributed by atoms with Crippen LogP contribution in [0, 0.1) is 0 Å². The Bertz CT molecular complexity index is 601. The fraction of sp³-hybridized carbons (Fsp3) is 0.500. The third kappa shape index (κ3) is 3.61. The Morgan fingerprint density at radius 3 is 2.81 bits per heavy atom. The highest BCUT2D eigenvalue weighted by Gasteiger charge is 2.13. The largest absolute Gasteiger partial charge is 0.352 e. The summed E-state index contributed by atoms with van der Waals surface area (Å²) in [5.41, 5.74) is 2.03. The Morgan fingerprint density at radius 1 is 1.38 bits per heavy atom. The third-order valence-corrected chi connectivity index (χ3v) is 3.75. The molecule has 0 radical (unpaired) electrons. The van der Waals surface area contributed by atoms with Gasteiger partial charge < -0.3 is 15.2 Å². The quantitative estimate of drug-likeness (QED) is 0.820. The lowest BCUT2D eigenvalue weighted by Gasteiger charge is -2.15. The first-order chi connectivity index (χ1) is 10.2. The van der Waals surface area contributed by atoms with Gasteiger partial charge in [0.2, 0.25) is 5.91 Å². The van der Waals surface area contributed by atoms with Crippen LogP contribution in [0.25, 0.3) is 11.0 Å². The summed E-state index contributed by atoms with van der Waals surface area (Å²) in [5.74, 6) is 0.0438. The Kier molecular flexibility index (Phi) is 5.33. The maximum Gasteiger partial charge on any atom is 0.240 e. The van der Waals surface area contributed by atoms with E-state index in [1.807, 2.05) is 29.9 Å². The van der Waals surface area contributed by atoms with E-state index < -0.39 is 0 Å². The van der Waals surface area contributed by atoms with Gasteiger partial charge in [0.1, 0.15) is 12.2 Å². The van der Waals surface area contributed by atoms with Gasteiger partial charge in [-0.15, -0.1) is 0 Å². The van der Waals surface area contributed by atoms with Crippen molar-refractivity contribution >= 4 is 16.9 Å². The lowest BCUT2D eigenvalue weighted by atomic mass is 10.2. The number of nitrogens with zero attached hydrogens (tertiary/aromatic N) is 2. The molecule has 0 unspecified atom stereocenters. The second-order valence-corrected chi connectivity index (χ2v) is 5.27. The summed E-state index contributed by atoms with van der Waals surface area (Å²) in [4.78, 5) is 16.6. The zero-order valence-electron chi connectivity index (χ0n) is 13.0. The Morgan fingerprint density at radius 2 is 2.14 bits per heavy atom. The highest BCUT2D eigenvalue weighted by molar-refractivity contribution is 5.83. The Hall–Kier alpha value is -1.88. The van der Waals surface area contributed by atoms with Crippen LogP contribution in [0.2, 0.25) is 0 Å². The van der Waals surface area contributed by atoms with Gasteiger partial charge in [0.25, 0.3) is 0 Å². The SMILES string of the molecule is CCC(CC)NC(=O)Cn1cc(CNC)c2cccnc21. The Balaban J connectivity index is 2.20. The summed E-state index contributed by atoms with van der Waals surface area (Å²) in [6.45, 7) is 5.26. The predicted octanol–water partition coefficient (Wildman–Crippen LogP) is 2.06. The smallest absolute Gasteiger partial charge is 0.240 e. The van der Waals surface area contributed by atoms with E-state index in [2.05, 4.69) is 29.5 Å². The van der Waals surface area contributed by atoms with E-state index in [0.717, 1.165) is 36.0 Å². The first kappa shape index (κ1) is 15.5.